The molecule has 2 N–H and O–H groups in total. The van der Waals surface area contributed by atoms with E-state index in [0.29, 0.717) is 6.42 Å². The molecule has 1 aromatic carbocycles. The fourth-order valence-electron chi connectivity index (χ4n) is 1.61. The summed E-state index contributed by atoms with van der Waals surface area (Å²) >= 11 is 0. The molecule has 0 amide bonds. The summed E-state index contributed by atoms with van der Waals surface area (Å²) in [4.78, 5) is 0. The number of rotatable bonds is 3. The van der Waals surface area contributed by atoms with Crippen LogP contribution >= 0.6 is 0 Å². The molecule has 1 aliphatic rings. The van der Waals surface area contributed by atoms with Crippen LogP contribution in [0, 0.1) is 6.92 Å². The van der Waals surface area contributed by atoms with Crippen molar-refractivity contribution in [2.45, 2.75) is 37.9 Å². The Bertz CT molecular complexity index is 314. The largest absolute Gasteiger partial charge is 0.325 e. The molecule has 1 aliphatic carbocycles. The maximum absolute atomic E-state index is 13.7. The lowest BCUT2D eigenvalue weighted by molar-refractivity contribution is 0.295. The Morgan fingerprint density at radius 2 is 1.93 bits per heavy atom. The number of hydrogen-bond donors (Lipinski definition) is 1. The highest BCUT2D eigenvalue weighted by Crippen LogP contribution is 2.41. The van der Waals surface area contributed by atoms with Crippen molar-refractivity contribution in [3.8, 4) is 0 Å². The molecule has 1 fully saturated rings. The lowest BCUT2D eigenvalue weighted by atomic mass is 10.0. The van der Waals surface area contributed by atoms with Crippen LogP contribution in [0.15, 0.2) is 24.3 Å². The summed E-state index contributed by atoms with van der Waals surface area (Å²) in [6.45, 7) is 2.00. The van der Waals surface area contributed by atoms with Crippen LogP contribution in [0.2, 0.25) is 0 Å². The van der Waals surface area contributed by atoms with Crippen molar-refractivity contribution in [3.63, 3.8) is 0 Å². The van der Waals surface area contributed by atoms with Crippen LogP contribution in [0.5, 0.6) is 0 Å². The molecule has 0 bridgehead atoms. The van der Waals surface area contributed by atoms with E-state index in [2.05, 4.69) is 0 Å². The molecule has 0 heterocycles. The first kappa shape index (κ1) is 9.66. The second-order valence-corrected chi connectivity index (χ2v) is 4.44. The Balaban J connectivity index is 2.03. The van der Waals surface area contributed by atoms with Gasteiger partial charge in [0.1, 0.15) is 6.17 Å². The quantitative estimate of drug-likeness (QED) is 0.784. The van der Waals surface area contributed by atoms with E-state index in [9.17, 15) is 4.39 Å². The van der Waals surface area contributed by atoms with Crippen molar-refractivity contribution in [2.75, 3.05) is 0 Å². The summed E-state index contributed by atoms with van der Waals surface area (Å²) in [7, 11) is 0. The van der Waals surface area contributed by atoms with Crippen LogP contribution < -0.4 is 5.73 Å². The molecule has 1 unspecified atom stereocenters. The van der Waals surface area contributed by atoms with Gasteiger partial charge in [-0.2, -0.15) is 0 Å². The van der Waals surface area contributed by atoms with E-state index in [1.807, 2.05) is 31.2 Å². The molecule has 0 aliphatic heterocycles. The fraction of sp³-hybridized carbons (Fsp3) is 0.500. The van der Waals surface area contributed by atoms with Crippen LogP contribution in [0.4, 0.5) is 4.39 Å². The Labute approximate surface area is 84.1 Å². The molecular formula is C12H16FN. The standard InChI is InChI=1S/C12H16FN/c1-9-2-4-10(5-3-9)11(13)8-12(14)6-7-12/h2-5,11H,6-8,14H2,1H3. The smallest absolute Gasteiger partial charge is 0.127 e. The second-order valence-electron chi connectivity index (χ2n) is 4.44. The first-order valence-corrected chi connectivity index (χ1v) is 5.09. The molecule has 14 heavy (non-hydrogen) atoms. The van der Waals surface area contributed by atoms with E-state index in [1.165, 1.54) is 0 Å². The van der Waals surface area contributed by atoms with E-state index >= 15 is 0 Å². The first-order chi connectivity index (χ1) is 6.59. The molecule has 1 nitrogen and oxygen atoms in total. The maximum Gasteiger partial charge on any atom is 0.127 e. The summed E-state index contributed by atoms with van der Waals surface area (Å²) < 4.78 is 13.7. The predicted octanol–water partition coefficient (Wildman–Crippen LogP) is 2.89. The molecule has 0 saturated heterocycles. The third kappa shape index (κ3) is 2.13. The normalized spacial score (nSPS) is 20.5. The highest BCUT2D eigenvalue weighted by molar-refractivity contribution is 5.24. The van der Waals surface area contributed by atoms with Gasteiger partial charge in [0.15, 0.2) is 0 Å². The van der Waals surface area contributed by atoms with E-state index in [0.717, 1.165) is 24.0 Å². The van der Waals surface area contributed by atoms with E-state index in [-0.39, 0.29) is 5.54 Å². The number of aryl methyl sites for hydroxylation is 1. The average molecular weight is 193 g/mol. The Morgan fingerprint density at radius 3 is 2.43 bits per heavy atom. The van der Waals surface area contributed by atoms with Crippen LogP contribution in [0.1, 0.15) is 36.6 Å². The number of alkyl halides is 1. The van der Waals surface area contributed by atoms with Crippen molar-refractivity contribution in [1.29, 1.82) is 0 Å². The summed E-state index contributed by atoms with van der Waals surface area (Å²) in [6, 6.07) is 7.59. The molecule has 1 aromatic rings. The zero-order valence-electron chi connectivity index (χ0n) is 8.46. The molecule has 2 heteroatoms. The Kier molecular flexibility index (Phi) is 2.31. The maximum atomic E-state index is 13.7. The van der Waals surface area contributed by atoms with E-state index in [1.54, 1.807) is 0 Å². The van der Waals surface area contributed by atoms with Crippen molar-refractivity contribution in [1.82, 2.24) is 0 Å². The topological polar surface area (TPSA) is 26.0 Å². The van der Waals surface area contributed by atoms with Gasteiger partial charge in [0.05, 0.1) is 0 Å². The van der Waals surface area contributed by atoms with E-state index < -0.39 is 6.17 Å². The third-order valence-electron chi connectivity index (χ3n) is 2.92. The van der Waals surface area contributed by atoms with Crippen molar-refractivity contribution >= 4 is 0 Å². The highest BCUT2D eigenvalue weighted by Gasteiger charge is 2.40. The molecule has 0 radical (unpaired) electrons. The number of benzene rings is 1. The Hall–Kier alpha value is -0.890. The van der Waals surface area contributed by atoms with Gasteiger partial charge in [-0.15, -0.1) is 0 Å². The zero-order valence-corrected chi connectivity index (χ0v) is 8.46. The number of nitrogens with two attached hydrogens (primary N) is 1. The molecule has 76 valence electrons. The van der Waals surface area contributed by atoms with Gasteiger partial charge in [-0.25, -0.2) is 4.39 Å². The monoisotopic (exact) mass is 193 g/mol. The van der Waals surface area contributed by atoms with Gasteiger partial charge >= 0.3 is 0 Å². The second kappa shape index (κ2) is 3.35. The summed E-state index contributed by atoms with van der Waals surface area (Å²) in [5.74, 6) is 0. The van der Waals surface area contributed by atoms with Gasteiger partial charge in [-0.1, -0.05) is 29.8 Å². The Morgan fingerprint density at radius 1 is 1.36 bits per heavy atom. The minimum atomic E-state index is -0.900. The van der Waals surface area contributed by atoms with E-state index in [4.69, 9.17) is 5.73 Å². The highest BCUT2D eigenvalue weighted by atomic mass is 19.1. The summed E-state index contributed by atoms with van der Waals surface area (Å²) in [5.41, 5.74) is 7.59. The van der Waals surface area contributed by atoms with Gasteiger partial charge in [0, 0.05) is 12.0 Å². The van der Waals surface area contributed by atoms with Gasteiger partial charge in [-0.3, -0.25) is 0 Å². The van der Waals surface area contributed by atoms with Crippen LogP contribution in [-0.4, -0.2) is 5.54 Å². The SMILES string of the molecule is Cc1ccc(C(F)CC2(N)CC2)cc1. The molecule has 1 atom stereocenters. The van der Waals surface area contributed by atoms with Crippen LogP contribution in [-0.2, 0) is 0 Å². The van der Waals surface area contributed by atoms with Crippen LogP contribution in [0.3, 0.4) is 0 Å². The molecule has 2 rings (SSSR count). The zero-order chi connectivity index (χ0) is 10.2. The summed E-state index contributed by atoms with van der Waals surface area (Å²) in [6.07, 6.45) is 1.51. The minimum Gasteiger partial charge on any atom is -0.325 e. The average Bonchev–Trinajstić information content (AvgIpc) is 2.84. The molecular weight excluding hydrogens is 177 g/mol. The predicted molar refractivity (Wildman–Crippen MR) is 55.8 cm³/mol. The molecule has 0 spiro atoms. The van der Waals surface area contributed by atoms with Crippen molar-refractivity contribution in [2.24, 2.45) is 5.73 Å². The van der Waals surface area contributed by atoms with Gasteiger partial charge in [0.25, 0.3) is 0 Å². The van der Waals surface area contributed by atoms with Crippen molar-refractivity contribution in [3.05, 3.63) is 35.4 Å². The first-order valence-electron chi connectivity index (χ1n) is 5.09. The molecule has 1 saturated carbocycles. The number of halogens is 1. The third-order valence-corrected chi connectivity index (χ3v) is 2.92. The van der Waals surface area contributed by atoms with Crippen LogP contribution in [0.25, 0.3) is 0 Å². The van der Waals surface area contributed by atoms with Gasteiger partial charge in [0.2, 0.25) is 0 Å². The lowest BCUT2D eigenvalue weighted by Gasteiger charge is -2.13. The minimum absolute atomic E-state index is 0.204. The van der Waals surface area contributed by atoms with Gasteiger partial charge in [-0.05, 0) is 25.3 Å². The number of hydrogen-bond acceptors (Lipinski definition) is 1. The van der Waals surface area contributed by atoms with Gasteiger partial charge < -0.3 is 5.73 Å². The fourth-order valence-corrected chi connectivity index (χ4v) is 1.61. The van der Waals surface area contributed by atoms with Crippen molar-refractivity contribution < 1.29 is 4.39 Å². The molecule has 0 aromatic heterocycles. The summed E-state index contributed by atoms with van der Waals surface area (Å²) in [5, 5.41) is 0. The lowest BCUT2D eigenvalue weighted by Crippen LogP contribution is -2.23.